The average Bonchev–Trinajstić information content (AvgIpc) is 2.86. The number of methoxy groups -OCH3 is 1. The molecule has 0 fully saturated rings. The molecule has 2 rings (SSSR count). The van der Waals surface area contributed by atoms with Crippen LogP contribution in [0.5, 0.6) is 0 Å². The minimum absolute atomic E-state index is 0.0777. The van der Waals surface area contributed by atoms with E-state index in [0.717, 1.165) is 13.2 Å². The van der Waals surface area contributed by atoms with Gasteiger partial charge >= 0.3 is 5.97 Å². The molecule has 2 aromatic rings. The third-order valence-electron chi connectivity index (χ3n) is 2.53. The van der Waals surface area contributed by atoms with Gasteiger partial charge in [0, 0.05) is 5.69 Å². The van der Waals surface area contributed by atoms with Crippen molar-refractivity contribution in [2.45, 2.75) is 0 Å². The number of halogens is 1. The lowest BCUT2D eigenvalue weighted by molar-refractivity contribution is 0.0595. The molecule has 104 valence electrons. The zero-order chi connectivity index (χ0) is 14.7. The molecule has 0 spiro atoms. The number of rotatable bonds is 3. The molecule has 0 unspecified atom stereocenters. The number of carbonyl (C=O) groups excluding carboxylic acids is 2. The van der Waals surface area contributed by atoms with Crippen LogP contribution in [-0.4, -0.2) is 29.2 Å². The van der Waals surface area contributed by atoms with E-state index in [4.69, 9.17) is 5.73 Å². The minimum atomic E-state index is -0.834. The predicted octanol–water partition coefficient (Wildman–Crippen LogP) is 1.17. The maximum atomic E-state index is 13.4. The van der Waals surface area contributed by atoms with Gasteiger partial charge in [-0.1, -0.05) is 0 Å². The van der Waals surface area contributed by atoms with Gasteiger partial charge in [0.05, 0.1) is 24.6 Å². The molecule has 20 heavy (non-hydrogen) atoms. The van der Waals surface area contributed by atoms with Crippen molar-refractivity contribution in [3.63, 3.8) is 0 Å². The molecule has 0 aliphatic carbocycles. The van der Waals surface area contributed by atoms with Gasteiger partial charge < -0.3 is 15.8 Å². The highest BCUT2D eigenvalue weighted by Gasteiger charge is 2.16. The zero-order valence-corrected chi connectivity index (χ0v) is 10.4. The van der Waals surface area contributed by atoms with Gasteiger partial charge in [-0.05, 0) is 18.2 Å². The first kappa shape index (κ1) is 13.5. The average molecular weight is 278 g/mol. The third kappa shape index (κ3) is 2.58. The molecule has 0 saturated carbocycles. The number of nitrogens with one attached hydrogen (secondary N) is 2. The van der Waals surface area contributed by atoms with E-state index in [9.17, 15) is 14.0 Å². The number of benzene rings is 1. The lowest BCUT2D eigenvalue weighted by Crippen LogP contribution is -2.15. The molecule has 1 aromatic carbocycles. The van der Waals surface area contributed by atoms with Crippen molar-refractivity contribution in [2.75, 3.05) is 18.2 Å². The van der Waals surface area contributed by atoms with Crippen LogP contribution < -0.4 is 11.1 Å². The van der Waals surface area contributed by atoms with Crippen LogP contribution in [0.3, 0.4) is 0 Å². The van der Waals surface area contributed by atoms with Gasteiger partial charge in [0.2, 0.25) is 0 Å². The van der Waals surface area contributed by atoms with E-state index in [2.05, 4.69) is 20.3 Å². The first-order valence-electron chi connectivity index (χ1n) is 5.51. The molecule has 0 saturated heterocycles. The fourth-order valence-corrected chi connectivity index (χ4v) is 1.54. The Morgan fingerprint density at radius 3 is 2.80 bits per heavy atom. The first-order valence-corrected chi connectivity index (χ1v) is 5.51. The Morgan fingerprint density at radius 1 is 1.45 bits per heavy atom. The molecule has 7 nitrogen and oxygen atoms in total. The van der Waals surface area contributed by atoms with E-state index in [0.29, 0.717) is 0 Å². The maximum absolute atomic E-state index is 13.4. The summed E-state index contributed by atoms with van der Waals surface area (Å²) in [5.41, 5.74) is 5.74. The fraction of sp³-hybridized carbons (Fsp3) is 0.0833. The lowest BCUT2D eigenvalue weighted by atomic mass is 10.2. The number of anilines is 2. The topological polar surface area (TPSA) is 110 Å². The number of aromatic amines is 1. The van der Waals surface area contributed by atoms with Crippen molar-refractivity contribution in [1.82, 2.24) is 10.2 Å². The zero-order valence-electron chi connectivity index (χ0n) is 10.4. The second-order valence-corrected chi connectivity index (χ2v) is 3.84. The molecular formula is C12H11FN4O3. The summed E-state index contributed by atoms with van der Waals surface area (Å²) in [4.78, 5) is 23.2. The largest absolute Gasteiger partial charge is 0.465 e. The van der Waals surface area contributed by atoms with Gasteiger partial charge in [0.15, 0.2) is 0 Å². The molecular weight excluding hydrogens is 267 g/mol. The number of amides is 1. The Kier molecular flexibility index (Phi) is 3.65. The van der Waals surface area contributed by atoms with Crippen LogP contribution in [0.1, 0.15) is 20.8 Å². The van der Waals surface area contributed by atoms with Gasteiger partial charge in [0.1, 0.15) is 11.5 Å². The highest BCUT2D eigenvalue weighted by molar-refractivity contribution is 6.06. The Hall–Kier alpha value is -2.90. The van der Waals surface area contributed by atoms with Gasteiger partial charge in [-0.3, -0.25) is 9.89 Å². The Morgan fingerprint density at radius 2 is 2.20 bits per heavy atom. The fourth-order valence-electron chi connectivity index (χ4n) is 1.54. The van der Waals surface area contributed by atoms with Crippen LogP contribution in [0.25, 0.3) is 0 Å². The number of H-pyrrole nitrogens is 1. The smallest absolute Gasteiger partial charge is 0.340 e. The third-order valence-corrected chi connectivity index (χ3v) is 2.53. The van der Waals surface area contributed by atoms with Crippen LogP contribution in [0.2, 0.25) is 0 Å². The van der Waals surface area contributed by atoms with Crippen molar-refractivity contribution >= 4 is 23.3 Å². The first-order chi connectivity index (χ1) is 9.52. The Balaban J connectivity index is 2.24. The Labute approximate surface area is 112 Å². The highest BCUT2D eigenvalue weighted by atomic mass is 19.1. The summed E-state index contributed by atoms with van der Waals surface area (Å²) in [5, 5.41) is 8.51. The molecule has 1 heterocycles. The van der Waals surface area contributed by atoms with Crippen LogP contribution in [0.4, 0.5) is 15.8 Å². The summed E-state index contributed by atoms with van der Waals surface area (Å²) in [6.45, 7) is 0. The summed E-state index contributed by atoms with van der Waals surface area (Å²) in [6.07, 6.45) is 1.29. The number of hydrogen-bond donors (Lipinski definition) is 3. The van der Waals surface area contributed by atoms with Crippen LogP contribution >= 0.6 is 0 Å². The van der Waals surface area contributed by atoms with Crippen LogP contribution in [0, 0.1) is 5.82 Å². The summed E-state index contributed by atoms with van der Waals surface area (Å²) in [5.74, 6) is -2.13. The van der Waals surface area contributed by atoms with Gasteiger partial charge in [-0.2, -0.15) is 5.10 Å². The maximum Gasteiger partial charge on any atom is 0.340 e. The van der Waals surface area contributed by atoms with Crippen molar-refractivity contribution in [3.8, 4) is 0 Å². The van der Waals surface area contributed by atoms with Crippen molar-refractivity contribution < 1.29 is 18.7 Å². The molecule has 0 aliphatic rings. The molecule has 1 amide bonds. The molecule has 0 radical (unpaired) electrons. The predicted molar refractivity (Wildman–Crippen MR) is 68.7 cm³/mol. The second-order valence-electron chi connectivity index (χ2n) is 3.84. The number of nitrogens with zero attached hydrogens (tertiary/aromatic N) is 1. The molecule has 0 bridgehead atoms. The van der Waals surface area contributed by atoms with Crippen molar-refractivity contribution in [2.24, 2.45) is 0 Å². The number of nitrogens with two attached hydrogens (primary N) is 1. The molecule has 0 aliphatic heterocycles. The van der Waals surface area contributed by atoms with E-state index in [-0.39, 0.29) is 22.6 Å². The van der Waals surface area contributed by atoms with E-state index in [1.807, 2.05) is 0 Å². The van der Waals surface area contributed by atoms with Crippen molar-refractivity contribution in [3.05, 3.63) is 41.5 Å². The van der Waals surface area contributed by atoms with E-state index < -0.39 is 17.7 Å². The molecule has 1 aromatic heterocycles. The number of ether oxygens (including phenoxy) is 1. The normalized spacial score (nSPS) is 10.1. The van der Waals surface area contributed by atoms with Crippen molar-refractivity contribution in [1.29, 1.82) is 0 Å². The molecule has 0 atom stereocenters. The molecule has 4 N–H and O–H groups in total. The summed E-state index contributed by atoms with van der Waals surface area (Å²) in [6, 6.07) is 3.54. The number of carbonyl (C=O) groups is 2. The Bertz CT molecular complexity index is 668. The minimum Gasteiger partial charge on any atom is -0.465 e. The summed E-state index contributed by atoms with van der Waals surface area (Å²) >= 11 is 0. The highest BCUT2D eigenvalue weighted by Crippen LogP contribution is 2.17. The summed E-state index contributed by atoms with van der Waals surface area (Å²) in [7, 11) is 1.14. The van der Waals surface area contributed by atoms with Gasteiger partial charge in [-0.25, -0.2) is 9.18 Å². The monoisotopic (exact) mass is 278 g/mol. The van der Waals surface area contributed by atoms with E-state index in [1.165, 1.54) is 18.3 Å². The summed E-state index contributed by atoms with van der Waals surface area (Å²) < 4.78 is 17.9. The van der Waals surface area contributed by atoms with Crippen LogP contribution in [-0.2, 0) is 4.74 Å². The van der Waals surface area contributed by atoms with E-state index in [1.54, 1.807) is 0 Å². The number of nitrogen functional groups attached to an aromatic ring is 1. The number of hydrogen-bond acceptors (Lipinski definition) is 5. The SMILES string of the molecule is COC(=O)c1cc(NC(=O)c2[nH]ncc2N)ccc1F. The van der Waals surface area contributed by atoms with E-state index >= 15 is 0 Å². The van der Waals surface area contributed by atoms with Gasteiger partial charge in [-0.15, -0.1) is 0 Å². The quantitative estimate of drug-likeness (QED) is 0.730. The van der Waals surface area contributed by atoms with Gasteiger partial charge in [0.25, 0.3) is 5.91 Å². The number of esters is 1. The lowest BCUT2D eigenvalue weighted by Gasteiger charge is -2.07. The second kappa shape index (κ2) is 5.39. The van der Waals surface area contributed by atoms with Crippen LogP contribution in [0.15, 0.2) is 24.4 Å². The number of aromatic nitrogens is 2. The molecule has 8 heteroatoms. The standard InChI is InChI=1S/C12H11FN4O3/c1-20-12(19)7-4-6(2-3-8(7)13)16-11(18)10-9(14)5-15-17-10/h2-5H,14H2,1H3,(H,15,17)(H,16,18).